The molecule has 0 heterocycles. The Balaban J connectivity index is 2.24. The Labute approximate surface area is 114 Å². The molecule has 2 atom stereocenters. The molecule has 0 spiro atoms. The number of nitro groups is 1. The van der Waals surface area contributed by atoms with Crippen LogP contribution in [0.2, 0.25) is 0 Å². The van der Waals surface area contributed by atoms with Gasteiger partial charge >= 0.3 is 0 Å². The molecule has 0 radical (unpaired) electrons. The molecule has 2 rings (SSSR count). The van der Waals surface area contributed by atoms with Crippen LogP contribution in [0.5, 0.6) is 0 Å². The van der Waals surface area contributed by atoms with Gasteiger partial charge < -0.3 is 5.32 Å². The van der Waals surface area contributed by atoms with Gasteiger partial charge in [-0.05, 0) is 43.2 Å². The van der Waals surface area contributed by atoms with Gasteiger partial charge in [-0.15, -0.1) is 0 Å². The zero-order chi connectivity index (χ0) is 14.0. The van der Waals surface area contributed by atoms with Gasteiger partial charge in [0.25, 0.3) is 5.69 Å². The van der Waals surface area contributed by atoms with E-state index in [1.807, 2.05) is 19.1 Å². The molecule has 0 saturated heterocycles. The molecule has 4 nitrogen and oxygen atoms in total. The monoisotopic (exact) mass is 262 g/mol. The van der Waals surface area contributed by atoms with Crippen LogP contribution in [0.25, 0.3) is 0 Å². The number of aryl methyl sites for hydroxylation is 1. The van der Waals surface area contributed by atoms with Gasteiger partial charge in [0.05, 0.1) is 4.92 Å². The van der Waals surface area contributed by atoms with Crippen LogP contribution in [0.15, 0.2) is 18.2 Å². The lowest BCUT2D eigenvalue weighted by molar-refractivity contribution is -0.384. The van der Waals surface area contributed by atoms with Crippen molar-refractivity contribution in [1.82, 2.24) is 0 Å². The van der Waals surface area contributed by atoms with Gasteiger partial charge in [0.1, 0.15) is 5.69 Å². The smallest absolute Gasteiger partial charge is 0.292 e. The molecular weight excluding hydrogens is 240 g/mol. The summed E-state index contributed by atoms with van der Waals surface area (Å²) in [4.78, 5) is 10.8. The van der Waals surface area contributed by atoms with Gasteiger partial charge in [0.15, 0.2) is 0 Å². The summed E-state index contributed by atoms with van der Waals surface area (Å²) in [7, 11) is 0. The number of nitrogens with one attached hydrogen (secondary N) is 1. The molecule has 1 aromatic rings. The normalized spacial score (nSPS) is 27.0. The van der Waals surface area contributed by atoms with Crippen molar-refractivity contribution in [2.24, 2.45) is 11.8 Å². The lowest BCUT2D eigenvalue weighted by atomic mass is 9.78. The molecule has 1 aromatic carbocycles. The third-order valence-electron chi connectivity index (χ3n) is 4.22. The molecule has 0 bridgehead atoms. The Morgan fingerprint density at radius 2 is 1.89 bits per heavy atom. The standard InChI is InChI=1S/C15H22N2O2/c1-10-7-8-13(14(9-10)17(18)19)16-15-11(2)5-4-6-12(15)3/h7-9,11-12,15-16H,4-6H2,1-3H3. The molecule has 1 aliphatic carbocycles. The third kappa shape index (κ3) is 3.06. The van der Waals surface area contributed by atoms with Crippen molar-refractivity contribution in [3.8, 4) is 0 Å². The predicted molar refractivity (Wildman–Crippen MR) is 77.4 cm³/mol. The topological polar surface area (TPSA) is 55.2 Å². The van der Waals surface area contributed by atoms with Gasteiger partial charge in [0, 0.05) is 12.1 Å². The van der Waals surface area contributed by atoms with Gasteiger partial charge in [-0.2, -0.15) is 0 Å². The second-order valence-electron chi connectivity index (χ2n) is 5.83. The van der Waals surface area contributed by atoms with Crippen molar-refractivity contribution in [2.45, 2.75) is 46.1 Å². The second kappa shape index (κ2) is 5.59. The number of hydrogen-bond acceptors (Lipinski definition) is 3. The highest BCUT2D eigenvalue weighted by Crippen LogP contribution is 2.34. The minimum Gasteiger partial charge on any atom is -0.376 e. The molecule has 1 saturated carbocycles. The molecule has 4 heteroatoms. The number of nitro benzene ring substituents is 1. The van der Waals surface area contributed by atoms with Crippen LogP contribution in [-0.4, -0.2) is 11.0 Å². The minimum absolute atomic E-state index is 0.185. The van der Waals surface area contributed by atoms with Crippen LogP contribution in [0, 0.1) is 28.9 Å². The van der Waals surface area contributed by atoms with E-state index < -0.39 is 0 Å². The summed E-state index contributed by atoms with van der Waals surface area (Å²) >= 11 is 0. The summed E-state index contributed by atoms with van der Waals surface area (Å²) in [6.07, 6.45) is 3.65. The first-order valence-corrected chi connectivity index (χ1v) is 7.00. The largest absolute Gasteiger partial charge is 0.376 e. The van der Waals surface area contributed by atoms with E-state index in [0.29, 0.717) is 23.6 Å². The van der Waals surface area contributed by atoms with Gasteiger partial charge in [-0.25, -0.2) is 0 Å². The van der Waals surface area contributed by atoms with Gasteiger partial charge in [-0.3, -0.25) is 10.1 Å². The zero-order valence-electron chi connectivity index (χ0n) is 11.8. The first-order chi connectivity index (χ1) is 8.99. The fraction of sp³-hybridized carbons (Fsp3) is 0.600. The second-order valence-corrected chi connectivity index (χ2v) is 5.83. The molecule has 0 aliphatic heterocycles. The average molecular weight is 262 g/mol. The van der Waals surface area contributed by atoms with E-state index in [1.165, 1.54) is 19.3 Å². The Kier molecular flexibility index (Phi) is 4.08. The zero-order valence-corrected chi connectivity index (χ0v) is 11.8. The number of hydrogen-bond donors (Lipinski definition) is 1. The SMILES string of the molecule is Cc1ccc(NC2C(C)CCCC2C)c([N+](=O)[O-])c1. The van der Waals surface area contributed by atoms with E-state index >= 15 is 0 Å². The van der Waals surface area contributed by atoms with Crippen LogP contribution in [0.3, 0.4) is 0 Å². The molecule has 19 heavy (non-hydrogen) atoms. The number of benzene rings is 1. The van der Waals surface area contributed by atoms with E-state index in [9.17, 15) is 10.1 Å². The summed E-state index contributed by atoms with van der Waals surface area (Å²) in [5.74, 6) is 1.12. The predicted octanol–water partition coefficient (Wildman–Crippen LogP) is 4.14. The van der Waals surface area contributed by atoms with E-state index in [2.05, 4.69) is 19.2 Å². The molecule has 1 N–H and O–H groups in total. The van der Waals surface area contributed by atoms with Crippen LogP contribution in [0.4, 0.5) is 11.4 Å². The molecule has 0 aromatic heterocycles. The van der Waals surface area contributed by atoms with E-state index in [0.717, 1.165) is 5.56 Å². The van der Waals surface area contributed by atoms with Crippen molar-refractivity contribution in [3.05, 3.63) is 33.9 Å². The quantitative estimate of drug-likeness (QED) is 0.658. The molecule has 2 unspecified atom stereocenters. The molecular formula is C15H22N2O2. The summed E-state index contributed by atoms with van der Waals surface area (Å²) in [6.45, 7) is 6.34. The van der Waals surface area contributed by atoms with E-state index in [1.54, 1.807) is 6.07 Å². The van der Waals surface area contributed by atoms with Crippen molar-refractivity contribution in [1.29, 1.82) is 0 Å². The molecule has 1 aliphatic rings. The van der Waals surface area contributed by atoms with Crippen molar-refractivity contribution in [2.75, 3.05) is 5.32 Å². The fourth-order valence-corrected chi connectivity index (χ4v) is 3.06. The van der Waals surface area contributed by atoms with Crippen molar-refractivity contribution >= 4 is 11.4 Å². The lowest BCUT2D eigenvalue weighted by Crippen LogP contribution is -2.37. The van der Waals surface area contributed by atoms with Crippen LogP contribution in [0.1, 0.15) is 38.7 Å². The molecule has 1 fully saturated rings. The highest BCUT2D eigenvalue weighted by atomic mass is 16.6. The summed E-state index contributed by atoms with van der Waals surface area (Å²) in [6, 6.07) is 5.73. The number of anilines is 1. The Morgan fingerprint density at radius 1 is 1.26 bits per heavy atom. The first kappa shape index (κ1) is 13.8. The highest BCUT2D eigenvalue weighted by Gasteiger charge is 2.29. The Hall–Kier alpha value is -1.58. The van der Waals surface area contributed by atoms with Gasteiger partial charge in [0.2, 0.25) is 0 Å². The van der Waals surface area contributed by atoms with E-state index in [-0.39, 0.29) is 10.6 Å². The maximum absolute atomic E-state index is 11.1. The highest BCUT2D eigenvalue weighted by molar-refractivity contribution is 5.63. The average Bonchev–Trinajstić information content (AvgIpc) is 2.35. The number of rotatable bonds is 3. The number of nitrogens with zero attached hydrogens (tertiary/aromatic N) is 1. The summed E-state index contributed by atoms with van der Waals surface area (Å²) < 4.78 is 0. The van der Waals surface area contributed by atoms with Gasteiger partial charge in [-0.1, -0.05) is 26.3 Å². The summed E-state index contributed by atoms with van der Waals surface area (Å²) in [5.41, 5.74) is 1.76. The molecule has 104 valence electrons. The third-order valence-corrected chi connectivity index (χ3v) is 4.22. The Bertz CT molecular complexity index is 463. The molecule has 0 amide bonds. The van der Waals surface area contributed by atoms with Crippen molar-refractivity contribution in [3.63, 3.8) is 0 Å². The van der Waals surface area contributed by atoms with Crippen LogP contribution >= 0.6 is 0 Å². The maximum atomic E-state index is 11.1. The Morgan fingerprint density at radius 3 is 2.47 bits per heavy atom. The summed E-state index contributed by atoms with van der Waals surface area (Å²) in [5, 5.41) is 14.6. The maximum Gasteiger partial charge on any atom is 0.292 e. The fourth-order valence-electron chi connectivity index (χ4n) is 3.06. The lowest BCUT2D eigenvalue weighted by Gasteiger charge is -2.35. The van der Waals surface area contributed by atoms with E-state index in [4.69, 9.17) is 0 Å². The van der Waals surface area contributed by atoms with Crippen LogP contribution < -0.4 is 5.32 Å². The van der Waals surface area contributed by atoms with Crippen molar-refractivity contribution < 1.29 is 4.92 Å². The minimum atomic E-state index is -0.298. The first-order valence-electron chi connectivity index (χ1n) is 7.00. The van der Waals surface area contributed by atoms with Crippen LogP contribution in [-0.2, 0) is 0 Å².